The van der Waals surface area contributed by atoms with E-state index in [-0.39, 0.29) is 6.42 Å². The zero-order valence-electron chi connectivity index (χ0n) is 14.7. The lowest BCUT2D eigenvalue weighted by Crippen LogP contribution is -2.16. The number of unbranched alkanes of at least 4 members (excludes halogenated alkanes) is 8. The van der Waals surface area contributed by atoms with Gasteiger partial charge in [-0.15, -0.1) is 0 Å². The Morgan fingerprint density at radius 2 is 1.52 bits per heavy atom. The Labute approximate surface area is 147 Å². The van der Waals surface area contributed by atoms with Crippen molar-refractivity contribution >= 4 is 11.6 Å². The molecule has 0 aliphatic carbocycles. The summed E-state index contributed by atoms with van der Waals surface area (Å²) in [5, 5.41) is 2.24. The summed E-state index contributed by atoms with van der Waals surface area (Å²) in [5.41, 5.74) is -1.55. The van der Waals surface area contributed by atoms with Gasteiger partial charge < -0.3 is 5.32 Å². The number of carbonyl (C=O) groups is 1. The average molecular weight is 361 g/mol. The van der Waals surface area contributed by atoms with Gasteiger partial charge in [-0.25, -0.2) is 4.39 Å². The van der Waals surface area contributed by atoms with Crippen molar-refractivity contribution in [2.75, 3.05) is 5.32 Å². The fraction of sp³-hybridized carbons (Fsp3) is 0.632. The van der Waals surface area contributed by atoms with E-state index >= 15 is 0 Å². The first kappa shape index (κ1) is 21.5. The number of amides is 1. The summed E-state index contributed by atoms with van der Waals surface area (Å²) >= 11 is 0. The number of alkyl halides is 3. The minimum atomic E-state index is -4.71. The first-order valence-corrected chi connectivity index (χ1v) is 9.01. The first-order chi connectivity index (χ1) is 11.8. The van der Waals surface area contributed by atoms with Crippen molar-refractivity contribution in [2.45, 2.75) is 77.3 Å². The van der Waals surface area contributed by atoms with Gasteiger partial charge in [-0.3, -0.25) is 4.79 Å². The molecule has 0 aromatic heterocycles. The predicted molar refractivity (Wildman–Crippen MR) is 91.9 cm³/mol. The van der Waals surface area contributed by atoms with Gasteiger partial charge in [0.15, 0.2) is 0 Å². The van der Waals surface area contributed by atoms with E-state index in [1.165, 1.54) is 32.1 Å². The van der Waals surface area contributed by atoms with Gasteiger partial charge in [0.05, 0.1) is 11.3 Å². The Kier molecular flexibility index (Phi) is 9.53. The molecule has 0 atom stereocenters. The van der Waals surface area contributed by atoms with Crippen LogP contribution in [0.4, 0.5) is 23.2 Å². The zero-order valence-corrected chi connectivity index (χ0v) is 14.7. The van der Waals surface area contributed by atoms with Crippen LogP contribution in [0.15, 0.2) is 18.2 Å². The van der Waals surface area contributed by atoms with E-state index in [0.29, 0.717) is 12.5 Å². The second kappa shape index (κ2) is 11.1. The Morgan fingerprint density at radius 1 is 0.960 bits per heavy atom. The highest BCUT2D eigenvalue weighted by Crippen LogP contribution is 2.35. The number of halogens is 4. The smallest absolute Gasteiger partial charge is 0.326 e. The number of anilines is 1. The van der Waals surface area contributed by atoms with E-state index in [9.17, 15) is 22.4 Å². The van der Waals surface area contributed by atoms with Crippen molar-refractivity contribution in [1.82, 2.24) is 0 Å². The van der Waals surface area contributed by atoms with Crippen LogP contribution in [0.25, 0.3) is 0 Å². The maximum absolute atomic E-state index is 13.0. The zero-order chi connectivity index (χ0) is 18.7. The minimum absolute atomic E-state index is 0.171. The molecule has 1 aromatic carbocycles. The van der Waals surface area contributed by atoms with Gasteiger partial charge in [0.25, 0.3) is 0 Å². The van der Waals surface area contributed by atoms with Gasteiger partial charge in [0.1, 0.15) is 5.82 Å². The molecule has 0 radical (unpaired) electrons. The second-order valence-corrected chi connectivity index (χ2v) is 6.31. The van der Waals surface area contributed by atoms with Crippen molar-refractivity contribution in [3.63, 3.8) is 0 Å². The van der Waals surface area contributed by atoms with Crippen LogP contribution in [0.2, 0.25) is 0 Å². The molecule has 0 heterocycles. The van der Waals surface area contributed by atoms with E-state index < -0.39 is 29.2 Å². The molecule has 0 saturated carbocycles. The lowest BCUT2D eigenvalue weighted by atomic mass is 10.1. The van der Waals surface area contributed by atoms with Crippen LogP contribution in [-0.4, -0.2) is 5.91 Å². The van der Waals surface area contributed by atoms with Crippen LogP contribution in [0.1, 0.15) is 76.7 Å². The number of benzene rings is 1. The highest BCUT2D eigenvalue weighted by atomic mass is 19.4. The third-order valence-electron chi connectivity index (χ3n) is 4.07. The van der Waals surface area contributed by atoms with Crippen LogP contribution in [0.5, 0.6) is 0 Å². The Bertz CT molecular complexity index is 529. The average Bonchev–Trinajstić information content (AvgIpc) is 2.54. The quantitative estimate of drug-likeness (QED) is 0.345. The fourth-order valence-corrected chi connectivity index (χ4v) is 2.67. The maximum Gasteiger partial charge on any atom is 0.418 e. The van der Waals surface area contributed by atoms with E-state index in [0.717, 1.165) is 31.4 Å². The largest absolute Gasteiger partial charge is 0.418 e. The standard InChI is InChI=1S/C19H27F4NO/c1-2-3-4-5-6-7-8-9-10-11-18(25)24-17-13-12-15(20)14-16(17)19(21,22)23/h12-14H,2-11H2,1H3,(H,24,25). The molecular weight excluding hydrogens is 334 g/mol. The van der Waals surface area contributed by atoms with Crippen molar-refractivity contribution in [3.05, 3.63) is 29.6 Å². The van der Waals surface area contributed by atoms with Crippen molar-refractivity contribution in [1.29, 1.82) is 0 Å². The molecule has 1 amide bonds. The predicted octanol–water partition coefficient (Wildman–Crippen LogP) is 6.70. The van der Waals surface area contributed by atoms with E-state index in [2.05, 4.69) is 12.2 Å². The molecule has 0 spiro atoms. The number of hydrogen-bond acceptors (Lipinski definition) is 1. The second-order valence-electron chi connectivity index (χ2n) is 6.31. The van der Waals surface area contributed by atoms with Crippen LogP contribution in [0.3, 0.4) is 0 Å². The number of nitrogens with one attached hydrogen (secondary N) is 1. The topological polar surface area (TPSA) is 29.1 Å². The third-order valence-corrected chi connectivity index (χ3v) is 4.07. The molecule has 2 nitrogen and oxygen atoms in total. The number of rotatable bonds is 11. The van der Waals surface area contributed by atoms with Gasteiger partial charge in [-0.05, 0) is 24.6 Å². The molecular formula is C19H27F4NO. The Hall–Kier alpha value is -1.59. The monoisotopic (exact) mass is 361 g/mol. The summed E-state index contributed by atoms with van der Waals surface area (Å²) in [5.74, 6) is -1.45. The molecule has 0 unspecified atom stereocenters. The van der Waals surface area contributed by atoms with Crippen molar-refractivity contribution < 1.29 is 22.4 Å². The molecule has 1 rings (SSSR count). The van der Waals surface area contributed by atoms with Gasteiger partial charge in [0.2, 0.25) is 5.91 Å². The molecule has 142 valence electrons. The third kappa shape index (κ3) is 8.89. The Balaban J connectivity index is 2.29. The molecule has 1 aromatic rings. The molecule has 6 heteroatoms. The highest BCUT2D eigenvalue weighted by Gasteiger charge is 2.34. The SMILES string of the molecule is CCCCCCCCCCCC(=O)Nc1ccc(F)cc1C(F)(F)F. The summed E-state index contributed by atoms with van der Waals surface area (Å²) in [7, 11) is 0. The van der Waals surface area contributed by atoms with Crippen LogP contribution < -0.4 is 5.32 Å². The van der Waals surface area contributed by atoms with Crippen molar-refractivity contribution in [2.24, 2.45) is 0 Å². The van der Waals surface area contributed by atoms with Crippen LogP contribution >= 0.6 is 0 Å². The first-order valence-electron chi connectivity index (χ1n) is 9.01. The van der Waals surface area contributed by atoms with Gasteiger partial charge in [-0.2, -0.15) is 13.2 Å². The fourth-order valence-electron chi connectivity index (χ4n) is 2.67. The van der Waals surface area contributed by atoms with E-state index in [1.54, 1.807) is 0 Å². The van der Waals surface area contributed by atoms with E-state index in [4.69, 9.17) is 0 Å². The summed E-state index contributed by atoms with van der Waals surface area (Å²) in [6.45, 7) is 2.18. The summed E-state index contributed by atoms with van der Waals surface area (Å²) < 4.78 is 51.6. The molecule has 0 bridgehead atoms. The minimum Gasteiger partial charge on any atom is -0.326 e. The maximum atomic E-state index is 13.0. The summed E-state index contributed by atoms with van der Waals surface area (Å²) in [6, 6.07) is 2.25. The summed E-state index contributed by atoms with van der Waals surface area (Å²) in [4.78, 5) is 11.8. The lowest BCUT2D eigenvalue weighted by molar-refractivity contribution is -0.137. The van der Waals surface area contributed by atoms with Crippen LogP contribution in [0, 0.1) is 5.82 Å². The van der Waals surface area contributed by atoms with Gasteiger partial charge in [-0.1, -0.05) is 58.3 Å². The lowest BCUT2D eigenvalue weighted by Gasteiger charge is -2.13. The number of hydrogen-bond donors (Lipinski definition) is 1. The molecule has 1 N–H and O–H groups in total. The molecule has 0 fully saturated rings. The van der Waals surface area contributed by atoms with Crippen LogP contribution in [-0.2, 0) is 11.0 Å². The van der Waals surface area contributed by atoms with E-state index in [1.807, 2.05) is 0 Å². The van der Waals surface area contributed by atoms with Gasteiger partial charge in [0, 0.05) is 6.42 Å². The summed E-state index contributed by atoms with van der Waals surface area (Å²) in [6.07, 6.45) is 5.33. The highest BCUT2D eigenvalue weighted by molar-refractivity contribution is 5.91. The molecule has 0 aliphatic heterocycles. The van der Waals surface area contributed by atoms with Crippen molar-refractivity contribution in [3.8, 4) is 0 Å². The Morgan fingerprint density at radius 3 is 2.08 bits per heavy atom. The molecule has 0 saturated heterocycles. The molecule has 25 heavy (non-hydrogen) atoms. The molecule has 0 aliphatic rings. The normalized spacial score (nSPS) is 11.6. The van der Waals surface area contributed by atoms with Gasteiger partial charge >= 0.3 is 6.18 Å². The number of carbonyl (C=O) groups excluding carboxylic acids is 1.